The van der Waals surface area contributed by atoms with Crippen molar-refractivity contribution in [3.8, 4) is 0 Å². The molecule has 1 heteroatoms. The van der Waals surface area contributed by atoms with Crippen molar-refractivity contribution < 1.29 is 4.79 Å². The number of hydrogen-bond donors (Lipinski definition) is 0. The Hall–Kier alpha value is -0.330. The fourth-order valence-corrected chi connectivity index (χ4v) is 3.17. The van der Waals surface area contributed by atoms with E-state index in [1.165, 1.54) is 57.7 Å². The molecular formula is C14H26O. The van der Waals surface area contributed by atoms with Crippen LogP contribution in [0.1, 0.15) is 65.2 Å². The number of carbonyl (C=O) groups is 1. The van der Waals surface area contributed by atoms with E-state index in [2.05, 4.69) is 13.8 Å². The van der Waals surface area contributed by atoms with E-state index >= 15 is 0 Å². The van der Waals surface area contributed by atoms with Gasteiger partial charge in [0.1, 0.15) is 6.29 Å². The van der Waals surface area contributed by atoms with E-state index in [4.69, 9.17) is 0 Å². The molecular weight excluding hydrogens is 184 g/mol. The molecule has 2 atom stereocenters. The Balaban J connectivity index is 2.53. The summed E-state index contributed by atoms with van der Waals surface area (Å²) in [5.41, 5.74) is 0. The molecule has 1 saturated carbocycles. The van der Waals surface area contributed by atoms with Gasteiger partial charge in [0.2, 0.25) is 0 Å². The maximum atomic E-state index is 11.3. The summed E-state index contributed by atoms with van der Waals surface area (Å²) in [6.07, 6.45) is 11.6. The van der Waals surface area contributed by atoms with Gasteiger partial charge in [-0.05, 0) is 24.7 Å². The third-order valence-electron chi connectivity index (χ3n) is 4.08. The summed E-state index contributed by atoms with van der Waals surface area (Å²) < 4.78 is 0. The van der Waals surface area contributed by atoms with Gasteiger partial charge in [-0.3, -0.25) is 0 Å². The second-order valence-electron chi connectivity index (χ2n) is 5.07. The molecule has 0 aromatic rings. The van der Waals surface area contributed by atoms with Gasteiger partial charge in [-0.25, -0.2) is 0 Å². The monoisotopic (exact) mass is 210 g/mol. The van der Waals surface area contributed by atoms with Crippen molar-refractivity contribution in [3.05, 3.63) is 0 Å². The molecule has 1 aliphatic carbocycles. The first-order valence-corrected chi connectivity index (χ1v) is 6.78. The predicted molar refractivity (Wildman–Crippen MR) is 64.8 cm³/mol. The first-order valence-electron chi connectivity index (χ1n) is 6.78. The van der Waals surface area contributed by atoms with Crippen LogP contribution in [0.25, 0.3) is 0 Å². The lowest BCUT2D eigenvalue weighted by Crippen LogP contribution is -2.26. The zero-order valence-corrected chi connectivity index (χ0v) is 10.4. The molecule has 0 radical (unpaired) electrons. The van der Waals surface area contributed by atoms with Crippen LogP contribution in [0.4, 0.5) is 0 Å². The van der Waals surface area contributed by atoms with Crippen molar-refractivity contribution in [1.29, 1.82) is 0 Å². The lowest BCUT2D eigenvalue weighted by molar-refractivity contribution is -0.115. The molecule has 88 valence electrons. The van der Waals surface area contributed by atoms with E-state index in [0.29, 0.717) is 17.8 Å². The van der Waals surface area contributed by atoms with Crippen molar-refractivity contribution >= 4 is 6.29 Å². The van der Waals surface area contributed by atoms with Gasteiger partial charge < -0.3 is 4.79 Å². The van der Waals surface area contributed by atoms with Crippen LogP contribution >= 0.6 is 0 Å². The predicted octanol–water partition coefficient (Wildman–Crippen LogP) is 4.21. The Labute approximate surface area is 94.6 Å². The number of carbonyl (C=O) groups excluding carboxylic acids is 1. The van der Waals surface area contributed by atoms with Crippen LogP contribution in [0.5, 0.6) is 0 Å². The fourth-order valence-electron chi connectivity index (χ4n) is 3.17. The highest BCUT2D eigenvalue weighted by atomic mass is 16.1. The van der Waals surface area contributed by atoms with Crippen LogP contribution in [0.2, 0.25) is 0 Å². The summed E-state index contributed by atoms with van der Waals surface area (Å²) in [6, 6.07) is 0. The lowest BCUT2D eigenvalue weighted by Gasteiger charge is -2.32. The summed E-state index contributed by atoms with van der Waals surface area (Å²) in [5, 5.41) is 0. The van der Waals surface area contributed by atoms with Gasteiger partial charge in [0.25, 0.3) is 0 Å². The average Bonchev–Trinajstić information content (AvgIpc) is 2.30. The molecule has 2 unspecified atom stereocenters. The third-order valence-corrected chi connectivity index (χ3v) is 4.08. The number of hydrogen-bond acceptors (Lipinski definition) is 1. The molecule has 0 aromatic carbocycles. The maximum Gasteiger partial charge on any atom is 0.123 e. The quantitative estimate of drug-likeness (QED) is 0.600. The zero-order valence-electron chi connectivity index (χ0n) is 10.4. The summed E-state index contributed by atoms with van der Waals surface area (Å²) in [6.45, 7) is 4.46. The van der Waals surface area contributed by atoms with Gasteiger partial charge >= 0.3 is 0 Å². The molecule has 1 fully saturated rings. The third kappa shape index (κ3) is 3.62. The summed E-state index contributed by atoms with van der Waals surface area (Å²) in [7, 11) is 0. The topological polar surface area (TPSA) is 17.1 Å². The number of rotatable bonds is 6. The Morgan fingerprint density at radius 3 is 2.33 bits per heavy atom. The largest absolute Gasteiger partial charge is 0.303 e. The van der Waals surface area contributed by atoms with Gasteiger partial charge in [0.15, 0.2) is 0 Å². The molecule has 0 N–H and O–H groups in total. The first kappa shape index (κ1) is 12.7. The van der Waals surface area contributed by atoms with Gasteiger partial charge in [-0.1, -0.05) is 52.4 Å². The van der Waals surface area contributed by atoms with E-state index in [0.717, 1.165) is 0 Å². The molecule has 1 rings (SSSR count). The highest BCUT2D eigenvalue weighted by molar-refractivity contribution is 5.54. The summed E-state index contributed by atoms with van der Waals surface area (Å²) >= 11 is 0. The molecule has 15 heavy (non-hydrogen) atoms. The van der Waals surface area contributed by atoms with E-state index in [-0.39, 0.29) is 0 Å². The maximum absolute atomic E-state index is 11.3. The van der Waals surface area contributed by atoms with Crippen LogP contribution < -0.4 is 0 Å². The fraction of sp³-hybridized carbons (Fsp3) is 0.929. The lowest BCUT2D eigenvalue weighted by atomic mass is 9.73. The summed E-state index contributed by atoms with van der Waals surface area (Å²) in [5.74, 6) is 1.71. The molecule has 0 saturated heterocycles. The second kappa shape index (κ2) is 7.03. The number of aldehydes is 1. The van der Waals surface area contributed by atoms with Gasteiger partial charge in [0.05, 0.1) is 0 Å². The molecule has 0 spiro atoms. The minimum atomic E-state index is 0.357. The van der Waals surface area contributed by atoms with Gasteiger partial charge in [-0.15, -0.1) is 0 Å². The van der Waals surface area contributed by atoms with Crippen molar-refractivity contribution in [1.82, 2.24) is 0 Å². The van der Waals surface area contributed by atoms with E-state index < -0.39 is 0 Å². The molecule has 1 aliphatic rings. The molecule has 1 nitrogen and oxygen atoms in total. The van der Waals surface area contributed by atoms with E-state index in [1.807, 2.05) is 0 Å². The standard InChI is InChI=1S/C14H26O/c1-3-8-12(4-2)14(11-15)13-9-6-5-7-10-13/h11-14H,3-10H2,1-2H3. The zero-order chi connectivity index (χ0) is 11.1. The average molecular weight is 210 g/mol. The Morgan fingerprint density at radius 2 is 1.87 bits per heavy atom. The Bertz CT molecular complexity index is 165. The van der Waals surface area contributed by atoms with Crippen LogP contribution in [0.3, 0.4) is 0 Å². The van der Waals surface area contributed by atoms with Crippen LogP contribution in [0.15, 0.2) is 0 Å². The minimum Gasteiger partial charge on any atom is -0.303 e. The molecule has 0 aliphatic heterocycles. The Kier molecular flexibility index (Phi) is 5.97. The van der Waals surface area contributed by atoms with Crippen molar-refractivity contribution in [2.45, 2.75) is 65.2 Å². The molecule has 0 amide bonds. The normalized spacial score (nSPS) is 22.3. The van der Waals surface area contributed by atoms with Gasteiger partial charge in [-0.2, -0.15) is 0 Å². The highest BCUT2D eigenvalue weighted by Gasteiger charge is 2.28. The van der Waals surface area contributed by atoms with Crippen molar-refractivity contribution in [2.24, 2.45) is 17.8 Å². The molecule has 0 bridgehead atoms. The van der Waals surface area contributed by atoms with Crippen LogP contribution in [-0.4, -0.2) is 6.29 Å². The highest BCUT2D eigenvalue weighted by Crippen LogP contribution is 2.35. The van der Waals surface area contributed by atoms with Gasteiger partial charge in [0, 0.05) is 5.92 Å². The molecule has 0 heterocycles. The first-order chi connectivity index (χ1) is 7.33. The molecule has 0 aromatic heterocycles. The summed E-state index contributed by atoms with van der Waals surface area (Å²) in [4.78, 5) is 11.3. The van der Waals surface area contributed by atoms with Crippen LogP contribution in [0, 0.1) is 17.8 Å². The second-order valence-corrected chi connectivity index (χ2v) is 5.07. The smallest absolute Gasteiger partial charge is 0.123 e. The SMILES string of the molecule is CCCC(CC)C(C=O)C1CCCCC1. The van der Waals surface area contributed by atoms with Crippen molar-refractivity contribution in [3.63, 3.8) is 0 Å². The van der Waals surface area contributed by atoms with Crippen LogP contribution in [-0.2, 0) is 4.79 Å². The minimum absolute atomic E-state index is 0.357. The van der Waals surface area contributed by atoms with E-state index in [1.54, 1.807) is 0 Å². The van der Waals surface area contributed by atoms with E-state index in [9.17, 15) is 4.79 Å². The Morgan fingerprint density at radius 1 is 1.20 bits per heavy atom. The van der Waals surface area contributed by atoms with Crippen molar-refractivity contribution in [2.75, 3.05) is 0 Å².